The Morgan fingerprint density at radius 3 is 2.53 bits per heavy atom. The number of aromatic nitrogens is 1. The maximum Gasteiger partial charge on any atom is 0.339 e. The molecule has 1 aromatic heterocycles. The predicted molar refractivity (Wildman–Crippen MR) is 105 cm³/mol. The molecule has 1 aromatic carbocycles. The van der Waals surface area contributed by atoms with Gasteiger partial charge in [0.25, 0.3) is 5.91 Å². The van der Waals surface area contributed by atoms with Gasteiger partial charge in [-0.3, -0.25) is 4.79 Å². The number of amides is 1. The number of nitrogens with one attached hydrogen (secondary N) is 1. The fraction of sp³-hybridized carbons (Fsp3) is 0.278. The van der Waals surface area contributed by atoms with Gasteiger partial charge in [-0.25, -0.2) is 13.2 Å². The smallest absolute Gasteiger partial charge is 0.339 e. The second-order valence-electron chi connectivity index (χ2n) is 6.23. The van der Waals surface area contributed by atoms with E-state index in [0.29, 0.717) is 17.9 Å². The highest BCUT2D eigenvalue weighted by atomic mass is 35.5. The molecule has 10 nitrogen and oxygen atoms in total. The number of hydrogen-bond donors (Lipinski definition) is 1. The van der Waals surface area contributed by atoms with Crippen molar-refractivity contribution < 1.29 is 32.2 Å². The molecule has 1 fully saturated rings. The number of nitrogens with zero attached hydrogens (tertiary/aromatic N) is 2. The zero-order chi connectivity index (χ0) is 21.7. The van der Waals surface area contributed by atoms with Gasteiger partial charge in [0.15, 0.2) is 19.0 Å². The number of carbonyl (C=O) groups excluding carboxylic acids is 2. The van der Waals surface area contributed by atoms with Crippen LogP contribution in [0.25, 0.3) is 0 Å². The number of rotatable bonds is 6. The summed E-state index contributed by atoms with van der Waals surface area (Å²) in [6.45, 7) is 0.445. The number of anilines is 1. The van der Waals surface area contributed by atoms with Gasteiger partial charge in [0.05, 0.1) is 34.4 Å². The highest BCUT2D eigenvalue weighted by molar-refractivity contribution is 7.89. The van der Waals surface area contributed by atoms with E-state index in [-0.39, 0.29) is 34.3 Å². The van der Waals surface area contributed by atoms with Crippen LogP contribution < -0.4 is 10.0 Å². The fourth-order valence-electron chi connectivity index (χ4n) is 2.65. The van der Waals surface area contributed by atoms with Gasteiger partial charge >= 0.3 is 5.97 Å². The first-order valence-corrected chi connectivity index (χ1v) is 10.6. The Balaban J connectivity index is 1.65. The van der Waals surface area contributed by atoms with E-state index in [9.17, 15) is 23.2 Å². The minimum absolute atomic E-state index is 0.0312. The molecule has 3 rings (SSSR count). The maximum atomic E-state index is 12.8. The van der Waals surface area contributed by atoms with E-state index >= 15 is 0 Å². The van der Waals surface area contributed by atoms with E-state index in [2.05, 4.69) is 5.32 Å². The first-order chi connectivity index (χ1) is 14.3. The summed E-state index contributed by atoms with van der Waals surface area (Å²) in [7, 11) is -3.77. The third kappa shape index (κ3) is 5.25. The van der Waals surface area contributed by atoms with Crippen molar-refractivity contribution in [1.82, 2.24) is 4.31 Å². The average molecular weight is 456 g/mol. The number of sulfonamides is 1. The molecule has 1 N–H and O–H groups in total. The molecular formula is C18H18ClN3O7S. The number of carbonyl (C=O) groups is 2. The zero-order valence-electron chi connectivity index (χ0n) is 15.6. The molecule has 1 aliphatic heterocycles. The molecule has 2 heterocycles. The Morgan fingerprint density at radius 2 is 1.87 bits per heavy atom. The van der Waals surface area contributed by atoms with Crippen molar-refractivity contribution in [2.45, 2.75) is 4.90 Å². The topological polar surface area (TPSA) is 129 Å². The maximum absolute atomic E-state index is 12.8. The van der Waals surface area contributed by atoms with Gasteiger partial charge in [-0.05, 0) is 18.2 Å². The van der Waals surface area contributed by atoms with Gasteiger partial charge < -0.3 is 20.0 Å². The average Bonchev–Trinajstić information content (AvgIpc) is 2.74. The van der Waals surface area contributed by atoms with Crippen molar-refractivity contribution in [3.05, 3.63) is 58.5 Å². The van der Waals surface area contributed by atoms with E-state index in [0.717, 1.165) is 12.4 Å². The lowest BCUT2D eigenvalue weighted by Gasteiger charge is -2.26. The molecule has 0 saturated carbocycles. The Bertz CT molecular complexity index is 1040. The van der Waals surface area contributed by atoms with Crippen molar-refractivity contribution in [2.75, 3.05) is 38.2 Å². The van der Waals surface area contributed by atoms with Gasteiger partial charge in [0, 0.05) is 25.2 Å². The standard InChI is InChI=1S/C18H18ClN3O7S/c19-15-2-1-14(30(26,27)22-7-9-28-10-8-22)11-16(15)20-17(23)12-29-18(24)13-3-5-21(25)6-4-13/h1-6,11H,7-10,12H2,(H,20,23). The van der Waals surface area contributed by atoms with Crippen molar-refractivity contribution in [3.8, 4) is 0 Å². The number of halogens is 1. The van der Waals surface area contributed by atoms with Crippen molar-refractivity contribution in [1.29, 1.82) is 0 Å². The summed E-state index contributed by atoms with van der Waals surface area (Å²) in [5, 5.41) is 13.5. The van der Waals surface area contributed by atoms with Crippen molar-refractivity contribution >= 4 is 39.2 Å². The Kier molecular flexibility index (Phi) is 6.87. The van der Waals surface area contributed by atoms with E-state index < -0.39 is 28.5 Å². The predicted octanol–water partition coefficient (Wildman–Crippen LogP) is 0.790. The van der Waals surface area contributed by atoms with Crippen LogP contribution in [-0.4, -0.2) is 57.5 Å². The van der Waals surface area contributed by atoms with Crippen LogP contribution in [0.1, 0.15) is 10.4 Å². The Hall–Kier alpha value is -2.73. The number of hydrogen-bond acceptors (Lipinski definition) is 7. The van der Waals surface area contributed by atoms with E-state index in [1.165, 1.54) is 34.6 Å². The fourth-order valence-corrected chi connectivity index (χ4v) is 4.25. The van der Waals surface area contributed by atoms with Crippen LogP contribution in [0.2, 0.25) is 5.02 Å². The first kappa shape index (κ1) is 22.0. The highest BCUT2D eigenvalue weighted by Gasteiger charge is 2.27. The number of benzene rings is 1. The summed E-state index contributed by atoms with van der Waals surface area (Å²) >= 11 is 6.07. The van der Waals surface area contributed by atoms with Gasteiger partial charge in [0.1, 0.15) is 0 Å². The van der Waals surface area contributed by atoms with E-state index in [4.69, 9.17) is 21.1 Å². The minimum atomic E-state index is -3.77. The summed E-state index contributed by atoms with van der Waals surface area (Å²) in [6, 6.07) is 6.46. The first-order valence-electron chi connectivity index (χ1n) is 8.80. The van der Waals surface area contributed by atoms with Crippen LogP contribution in [-0.2, 0) is 24.3 Å². The molecule has 0 spiro atoms. The number of morpholine rings is 1. The normalized spacial score (nSPS) is 14.8. The van der Waals surface area contributed by atoms with E-state index in [1.807, 2.05) is 0 Å². The largest absolute Gasteiger partial charge is 0.619 e. The van der Waals surface area contributed by atoms with Crippen LogP contribution in [0, 0.1) is 5.21 Å². The van der Waals surface area contributed by atoms with Crippen LogP contribution in [0.4, 0.5) is 5.69 Å². The molecule has 0 radical (unpaired) electrons. The molecule has 30 heavy (non-hydrogen) atoms. The van der Waals surface area contributed by atoms with Crippen LogP contribution in [0.5, 0.6) is 0 Å². The van der Waals surface area contributed by atoms with Crippen LogP contribution >= 0.6 is 11.6 Å². The van der Waals surface area contributed by atoms with Gasteiger partial charge in [0.2, 0.25) is 10.0 Å². The van der Waals surface area contributed by atoms with E-state index in [1.54, 1.807) is 0 Å². The van der Waals surface area contributed by atoms with Crippen molar-refractivity contribution in [3.63, 3.8) is 0 Å². The molecule has 2 aromatic rings. The molecule has 0 unspecified atom stereocenters. The molecule has 160 valence electrons. The number of pyridine rings is 1. The molecule has 1 saturated heterocycles. The summed E-state index contributed by atoms with van der Waals surface area (Å²) < 4.78 is 37.4. The number of ether oxygens (including phenoxy) is 2. The minimum Gasteiger partial charge on any atom is -0.619 e. The lowest BCUT2D eigenvalue weighted by atomic mass is 10.3. The molecule has 1 amide bonds. The molecule has 12 heteroatoms. The van der Waals surface area contributed by atoms with Crippen LogP contribution in [0.15, 0.2) is 47.6 Å². The zero-order valence-corrected chi connectivity index (χ0v) is 17.2. The van der Waals surface area contributed by atoms with Gasteiger partial charge in [-0.2, -0.15) is 9.04 Å². The summed E-state index contributed by atoms with van der Waals surface area (Å²) in [4.78, 5) is 24.0. The third-order valence-electron chi connectivity index (χ3n) is 4.19. The third-order valence-corrected chi connectivity index (χ3v) is 6.42. The molecule has 0 atom stereocenters. The summed E-state index contributed by atoms with van der Waals surface area (Å²) in [6.07, 6.45) is 2.24. The lowest BCUT2D eigenvalue weighted by Crippen LogP contribution is -2.40. The Morgan fingerprint density at radius 1 is 1.20 bits per heavy atom. The summed E-state index contributed by atoms with van der Waals surface area (Å²) in [5.41, 5.74) is 0.172. The quantitative estimate of drug-likeness (QED) is 0.387. The molecule has 0 aliphatic carbocycles. The summed E-state index contributed by atoms with van der Waals surface area (Å²) in [5.74, 6) is -1.50. The monoisotopic (exact) mass is 455 g/mol. The number of esters is 1. The Labute approximate surface area is 177 Å². The van der Waals surface area contributed by atoms with Crippen LogP contribution in [0.3, 0.4) is 0 Å². The SMILES string of the molecule is O=C(COC(=O)c1cc[n+]([O-])cc1)Nc1cc(S(=O)(=O)N2CCOCC2)ccc1Cl. The van der Waals surface area contributed by atoms with Gasteiger partial charge in [-0.15, -0.1) is 0 Å². The van der Waals surface area contributed by atoms with Gasteiger partial charge in [-0.1, -0.05) is 11.6 Å². The molecule has 1 aliphatic rings. The lowest BCUT2D eigenvalue weighted by molar-refractivity contribution is -0.605. The molecule has 0 bridgehead atoms. The highest BCUT2D eigenvalue weighted by Crippen LogP contribution is 2.27. The van der Waals surface area contributed by atoms with Crippen molar-refractivity contribution in [2.24, 2.45) is 0 Å². The molecular weight excluding hydrogens is 438 g/mol. The second-order valence-corrected chi connectivity index (χ2v) is 8.57. The second kappa shape index (κ2) is 9.39.